The van der Waals surface area contributed by atoms with Gasteiger partial charge in [-0.15, -0.1) is 0 Å². The van der Waals surface area contributed by atoms with Crippen molar-refractivity contribution in [3.05, 3.63) is 34.3 Å². The number of Topliss-reactive ketones (excluding diaryl/α,β-unsaturated/α-hetero) is 1. The molecule has 0 aliphatic heterocycles. The molecule has 18 heavy (non-hydrogen) atoms. The summed E-state index contributed by atoms with van der Waals surface area (Å²) in [5, 5.41) is 0. The molecule has 5 heteroatoms. The van der Waals surface area contributed by atoms with Crippen LogP contribution in [-0.2, 0) is 19.1 Å². The van der Waals surface area contributed by atoms with Crippen molar-refractivity contribution < 1.29 is 19.1 Å². The Morgan fingerprint density at radius 1 is 1.28 bits per heavy atom. The van der Waals surface area contributed by atoms with Crippen LogP contribution in [0.4, 0.5) is 0 Å². The first-order valence-electron chi connectivity index (χ1n) is 5.54. The number of rotatable bonds is 6. The van der Waals surface area contributed by atoms with E-state index in [-0.39, 0.29) is 19.0 Å². The van der Waals surface area contributed by atoms with Gasteiger partial charge in [-0.05, 0) is 24.6 Å². The summed E-state index contributed by atoms with van der Waals surface area (Å²) < 4.78 is 10.6. The van der Waals surface area contributed by atoms with E-state index in [1.165, 1.54) is 7.11 Å². The molecular formula is C13H15BrO4. The van der Waals surface area contributed by atoms with Crippen LogP contribution in [0.25, 0.3) is 0 Å². The lowest BCUT2D eigenvalue weighted by Gasteiger charge is -2.14. The van der Waals surface area contributed by atoms with Gasteiger partial charge in [0.2, 0.25) is 0 Å². The molecular weight excluding hydrogens is 300 g/mol. The highest BCUT2D eigenvalue weighted by molar-refractivity contribution is 9.10. The Morgan fingerprint density at radius 2 is 1.89 bits per heavy atom. The minimum atomic E-state index is -0.919. The lowest BCUT2D eigenvalue weighted by Crippen LogP contribution is -2.27. The third-order valence-electron chi connectivity index (χ3n) is 2.33. The first-order chi connectivity index (χ1) is 8.60. The number of hydrogen-bond donors (Lipinski definition) is 0. The second kappa shape index (κ2) is 7.28. The molecule has 0 heterocycles. The first-order valence-corrected chi connectivity index (χ1v) is 6.33. The second-order valence-electron chi connectivity index (χ2n) is 3.64. The van der Waals surface area contributed by atoms with Crippen LogP contribution in [0.3, 0.4) is 0 Å². The third-order valence-corrected chi connectivity index (χ3v) is 2.86. The van der Waals surface area contributed by atoms with Crippen LogP contribution in [0.2, 0.25) is 0 Å². The summed E-state index contributed by atoms with van der Waals surface area (Å²) >= 11 is 3.30. The van der Waals surface area contributed by atoms with Crippen molar-refractivity contribution in [3.63, 3.8) is 0 Å². The summed E-state index contributed by atoms with van der Waals surface area (Å²) in [6.07, 6.45) is 0. The van der Waals surface area contributed by atoms with E-state index in [2.05, 4.69) is 15.9 Å². The van der Waals surface area contributed by atoms with Crippen molar-refractivity contribution in [3.8, 4) is 0 Å². The molecule has 0 fully saturated rings. The van der Waals surface area contributed by atoms with Crippen LogP contribution in [0.1, 0.15) is 18.4 Å². The number of hydrogen-bond acceptors (Lipinski definition) is 4. The van der Waals surface area contributed by atoms with Gasteiger partial charge in [0.05, 0.1) is 6.61 Å². The van der Waals surface area contributed by atoms with E-state index in [0.717, 1.165) is 4.47 Å². The highest BCUT2D eigenvalue weighted by Crippen LogP contribution is 2.21. The molecule has 0 bridgehead atoms. The molecule has 1 atom stereocenters. The van der Waals surface area contributed by atoms with E-state index in [1.54, 1.807) is 31.2 Å². The monoisotopic (exact) mass is 314 g/mol. The van der Waals surface area contributed by atoms with Crippen molar-refractivity contribution in [2.75, 3.05) is 20.3 Å². The molecule has 0 amide bonds. The number of methoxy groups -OCH3 is 1. The zero-order valence-corrected chi connectivity index (χ0v) is 11.9. The van der Waals surface area contributed by atoms with Crippen LogP contribution < -0.4 is 0 Å². The Labute approximate surface area is 114 Å². The van der Waals surface area contributed by atoms with Crippen molar-refractivity contribution >= 4 is 27.7 Å². The molecule has 1 rings (SSSR count). The minimum absolute atomic E-state index is 0.112. The first kappa shape index (κ1) is 14.9. The summed E-state index contributed by atoms with van der Waals surface area (Å²) in [5.74, 6) is -1.77. The topological polar surface area (TPSA) is 52.6 Å². The number of carbonyl (C=O) groups excluding carboxylic acids is 2. The Morgan fingerprint density at radius 3 is 2.39 bits per heavy atom. The number of esters is 1. The maximum atomic E-state index is 11.9. The zero-order valence-electron chi connectivity index (χ0n) is 10.3. The van der Waals surface area contributed by atoms with Gasteiger partial charge in [0.1, 0.15) is 12.5 Å². The highest BCUT2D eigenvalue weighted by Gasteiger charge is 2.29. The maximum absolute atomic E-state index is 11.9. The van der Waals surface area contributed by atoms with Gasteiger partial charge in [0.25, 0.3) is 0 Å². The maximum Gasteiger partial charge on any atom is 0.321 e. The lowest BCUT2D eigenvalue weighted by molar-refractivity contribution is -0.148. The molecule has 0 aliphatic carbocycles. The summed E-state index contributed by atoms with van der Waals surface area (Å²) in [4.78, 5) is 23.7. The highest BCUT2D eigenvalue weighted by atomic mass is 79.9. The van der Waals surface area contributed by atoms with Crippen molar-refractivity contribution in [1.29, 1.82) is 0 Å². The normalized spacial score (nSPS) is 11.9. The summed E-state index contributed by atoms with van der Waals surface area (Å²) in [5.41, 5.74) is 0.610. The van der Waals surface area contributed by atoms with Crippen LogP contribution >= 0.6 is 15.9 Å². The molecule has 1 unspecified atom stereocenters. The van der Waals surface area contributed by atoms with Crippen molar-refractivity contribution in [2.45, 2.75) is 12.8 Å². The van der Waals surface area contributed by atoms with Gasteiger partial charge >= 0.3 is 5.97 Å². The van der Waals surface area contributed by atoms with E-state index in [4.69, 9.17) is 9.47 Å². The van der Waals surface area contributed by atoms with Gasteiger partial charge in [-0.2, -0.15) is 0 Å². The summed E-state index contributed by atoms with van der Waals surface area (Å²) in [6, 6.07) is 7.00. The Kier molecular flexibility index (Phi) is 6.01. The molecule has 4 nitrogen and oxygen atoms in total. The molecule has 0 saturated carbocycles. The van der Waals surface area contributed by atoms with E-state index in [1.807, 2.05) is 0 Å². The predicted molar refractivity (Wildman–Crippen MR) is 70.4 cm³/mol. The average Bonchev–Trinajstić information content (AvgIpc) is 2.33. The molecule has 0 N–H and O–H groups in total. The molecule has 98 valence electrons. The SMILES string of the molecule is CCOC(=O)C(C(=O)COC)c1ccc(Br)cc1. The lowest BCUT2D eigenvalue weighted by atomic mass is 9.95. The van der Waals surface area contributed by atoms with E-state index < -0.39 is 11.9 Å². The fraction of sp³-hybridized carbons (Fsp3) is 0.385. The fourth-order valence-corrected chi connectivity index (χ4v) is 1.82. The molecule has 0 aliphatic rings. The molecule has 0 spiro atoms. The number of ketones is 1. The number of ether oxygens (including phenoxy) is 2. The minimum Gasteiger partial charge on any atom is -0.465 e. The zero-order chi connectivity index (χ0) is 13.5. The third kappa shape index (κ3) is 3.92. The van der Waals surface area contributed by atoms with Gasteiger partial charge in [-0.25, -0.2) is 0 Å². The number of benzene rings is 1. The number of halogens is 1. The molecule has 1 aromatic carbocycles. The van der Waals surface area contributed by atoms with Gasteiger partial charge in [-0.1, -0.05) is 28.1 Å². The Bertz CT molecular complexity index is 396. The predicted octanol–water partition coefficient (Wildman–Crippen LogP) is 2.31. The standard InChI is InChI=1S/C13H15BrO4/c1-3-18-13(16)12(11(15)8-17-2)9-4-6-10(14)7-5-9/h4-7,12H,3,8H2,1-2H3. The Hall–Kier alpha value is -1.20. The van der Waals surface area contributed by atoms with Crippen LogP contribution in [0.5, 0.6) is 0 Å². The van der Waals surface area contributed by atoms with Crippen LogP contribution in [-0.4, -0.2) is 32.1 Å². The van der Waals surface area contributed by atoms with Crippen molar-refractivity contribution in [1.82, 2.24) is 0 Å². The molecule has 0 radical (unpaired) electrons. The quantitative estimate of drug-likeness (QED) is 0.597. The van der Waals surface area contributed by atoms with Gasteiger partial charge < -0.3 is 9.47 Å². The fourth-order valence-electron chi connectivity index (χ4n) is 1.56. The number of carbonyl (C=O) groups is 2. The van der Waals surface area contributed by atoms with Crippen molar-refractivity contribution in [2.24, 2.45) is 0 Å². The molecule has 0 aromatic heterocycles. The van der Waals surface area contributed by atoms with Gasteiger partial charge in [0.15, 0.2) is 5.78 Å². The van der Waals surface area contributed by atoms with E-state index >= 15 is 0 Å². The van der Waals surface area contributed by atoms with Gasteiger partial charge in [0, 0.05) is 11.6 Å². The Balaban J connectivity index is 2.99. The largest absolute Gasteiger partial charge is 0.465 e. The van der Waals surface area contributed by atoms with Gasteiger partial charge in [-0.3, -0.25) is 9.59 Å². The molecule has 1 aromatic rings. The second-order valence-corrected chi connectivity index (χ2v) is 4.55. The van der Waals surface area contributed by atoms with Crippen LogP contribution in [0, 0.1) is 0 Å². The van der Waals surface area contributed by atoms with E-state index in [0.29, 0.717) is 5.56 Å². The average molecular weight is 315 g/mol. The van der Waals surface area contributed by atoms with Crippen LogP contribution in [0.15, 0.2) is 28.7 Å². The van der Waals surface area contributed by atoms with E-state index in [9.17, 15) is 9.59 Å². The summed E-state index contributed by atoms with van der Waals surface area (Å²) in [7, 11) is 1.42. The smallest absolute Gasteiger partial charge is 0.321 e. The molecule has 0 saturated heterocycles. The summed E-state index contributed by atoms with van der Waals surface area (Å²) in [6.45, 7) is 1.84.